The predicted molar refractivity (Wildman–Crippen MR) is 77.4 cm³/mol. The molecule has 2 rings (SSSR count). The van der Waals surface area contributed by atoms with Crippen molar-refractivity contribution in [1.29, 1.82) is 0 Å². The van der Waals surface area contributed by atoms with Crippen molar-refractivity contribution in [3.63, 3.8) is 0 Å². The van der Waals surface area contributed by atoms with Gasteiger partial charge >= 0.3 is 6.18 Å². The van der Waals surface area contributed by atoms with E-state index in [2.05, 4.69) is 10.4 Å². The fourth-order valence-corrected chi connectivity index (χ4v) is 2.25. The van der Waals surface area contributed by atoms with Gasteiger partial charge in [0.2, 0.25) is 0 Å². The molecule has 22 heavy (non-hydrogen) atoms. The van der Waals surface area contributed by atoms with Crippen LogP contribution < -0.4 is 5.32 Å². The van der Waals surface area contributed by atoms with Crippen molar-refractivity contribution in [2.45, 2.75) is 33.2 Å². The third-order valence-electron chi connectivity index (χ3n) is 3.58. The van der Waals surface area contributed by atoms with Gasteiger partial charge in [-0.3, -0.25) is 4.68 Å². The van der Waals surface area contributed by atoms with E-state index < -0.39 is 11.9 Å². The summed E-state index contributed by atoms with van der Waals surface area (Å²) in [7, 11) is 1.48. The molecule has 0 aliphatic carbocycles. The summed E-state index contributed by atoms with van der Waals surface area (Å²) in [6, 6.07) is 4.77. The van der Waals surface area contributed by atoms with Gasteiger partial charge in [-0.05, 0) is 42.7 Å². The van der Waals surface area contributed by atoms with Gasteiger partial charge in [0, 0.05) is 12.7 Å². The van der Waals surface area contributed by atoms with Crippen LogP contribution in [0.1, 0.15) is 28.1 Å². The first kappa shape index (κ1) is 16.4. The van der Waals surface area contributed by atoms with Crippen LogP contribution in [0, 0.1) is 13.8 Å². The lowest BCUT2D eigenvalue weighted by Crippen LogP contribution is -2.07. The Labute approximate surface area is 126 Å². The number of aromatic nitrogens is 2. The number of hydrogen-bond donors (Lipinski definition) is 2. The van der Waals surface area contributed by atoms with Crippen molar-refractivity contribution in [3.8, 4) is 0 Å². The number of rotatable bonds is 4. The third kappa shape index (κ3) is 3.41. The summed E-state index contributed by atoms with van der Waals surface area (Å²) in [5.41, 5.74) is 3.04. The Morgan fingerprint density at radius 2 is 1.86 bits per heavy atom. The second-order valence-corrected chi connectivity index (χ2v) is 5.25. The summed E-state index contributed by atoms with van der Waals surface area (Å²) >= 11 is 0. The van der Waals surface area contributed by atoms with E-state index in [9.17, 15) is 18.3 Å². The molecule has 0 amide bonds. The van der Waals surface area contributed by atoms with Gasteiger partial charge in [0.15, 0.2) is 5.69 Å². The van der Waals surface area contributed by atoms with E-state index in [4.69, 9.17) is 0 Å². The molecule has 0 spiro atoms. The Balaban J connectivity index is 2.19. The first-order valence-electron chi connectivity index (χ1n) is 6.77. The molecule has 1 aromatic carbocycles. The van der Waals surface area contributed by atoms with E-state index in [1.807, 2.05) is 26.0 Å². The zero-order chi connectivity index (χ0) is 16.5. The first-order chi connectivity index (χ1) is 10.2. The number of alkyl halides is 3. The van der Waals surface area contributed by atoms with Gasteiger partial charge in [-0.25, -0.2) is 0 Å². The topological polar surface area (TPSA) is 50.1 Å². The Hall–Kier alpha value is -2.02. The highest BCUT2D eigenvalue weighted by molar-refractivity contribution is 5.55. The number of nitrogens with one attached hydrogen (secondary N) is 1. The van der Waals surface area contributed by atoms with E-state index in [0.29, 0.717) is 5.69 Å². The van der Waals surface area contributed by atoms with Crippen molar-refractivity contribution in [2.24, 2.45) is 7.05 Å². The smallest absolute Gasteiger partial charge is 0.392 e. The monoisotopic (exact) mass is 313 g/mol. The van der Waals surface area contributed by atoms with E-state index in [0.717, 1.165) is 28.4 Å². The molecule has 0 unspecified atom stereocenters. The maximum Gasteiger partial charge on any atom is 0.435 e. The fraction of sp³-hybridized carbons (Fsp3) is 0.400. The Morgan fingerprint density at radius 3 is 2.41 bits per heavy atom. The molecule has 0 fully saturated rings. The molecule has 0 atom stereocenters. The van der Waals surface area contributed by atoms with Gasteiger partial charge < -0.3 is 10.4 Å². The minimum absolute atomic E-state index is 0.0786. The second kappa shape index (κ2) is 6.00. The average Bonchev–Trinajstić information content (AvgIpc) is 2.79. The fourth-order valence-electron chi connectivity index (χ4n) is 2.25. The number of anilines is 1. The minimum atomic E-state index is -4.44. The van der Waals surface area contributed by atoms with Gasteiger partial charge in [-0.15, -0.1) is 0 Å². The first-order valence-corrected chi connectivity index (χ1v) is 6.77. The molecular weight excluding hydrogens is 295 g/mol. The van der Waals surface area contributed by atoms with Crippen molar-refractivity contribution in [2.75, 3.05) is 5.32 Å². The molecule has 0 radical (unpaired) electrons. The number of aryl methyl sites for hydroxylation is 3. The van der Waals surface area contributed by atoms with Crippen LogP contribution in [0.5, 0.6) is 0 Å². The predicted octanol–water partition coefficient (Wildman–Crippen LogP) is 3.16. The molecule has 0 saturated heterocycles. The molecule has 1 aromatic heterocycles. The summed E-state index contributed by atoms with van der Waals surface area (Å²) in [6.07, 6.45) is -4.44. The van der Waals surface area contributed by atoms with Gasteiger partial charge in [0.25, 0.3) is 0 Å². The van der Waals surface area contributed by atoms with Crippen molar-refractivity contribution >= 4 is 5.69 Å². The summed E-state index contributed by atoms with van der Waals surface area (Å²) in [5, 5.41) is 15.9. The van der Waals surface area contributed by atoms with Crippen LogP contribution in [0.15, 0.2) is 18.2 Å². The third-order valence-corrected chi connectivity index (χ3v) is 3.58. The Morgan fingerprint density at radius 1 is 1.18 bits per heavy atom. The Kier molecular flexibility index (Phi) is 4.46. The number of aliphatic hydroxyl groups is 1. The highest BCUT2D eigenvalue weighted by Gasteiger charge is 2.34. The van der Waals surface area contributed by atoms with Gasteiger partial charge in [0.1, 0.15) is 0 Å². The summed E-state index contributed by atoms with van der Waals surface area (Å²) < 4.78 is 39.1. The second-order valence-electron chi connectivity index (χ2n) is 5.25. The molecule has 7 heteroatoms. The van der Waals surface area contributed by atoms with Crippen molar-refractivity contribution in [1.82, 2.24) is 9.78 Å². The number of halogens is 3. The molecule has 1 heterocycles. The zero-order valence-corrected chi connectivity index (χ0v) is 12.6. The Bertz CT molecular complexity index is 677. The molecule has 2 N–H and O–H groups in total. The van der Waals surface area contributed by atoms with Crippen molar-refractivity contribution < 1.29 is 18.3 Å². The van der Waals surface area contributed by atoms with E-state index in [-0.39, 0.29) is 13.2 Å². The summed E-state index contributed by atoms with van der Waals surface area (Å²) in [6.45, 7) is 3.94. The van der Waals surface area contributed by atoms with E-state index in [1.54, 1.807) is 0 Å². The standard InChI is InChI=1S/C15H18F3N3O/c1-9-4-10(2)13(5-11(9)8-22)19-7-12-6-14(15(16,17)18)20-21(12)3/h4-6,19,22H,7-8H2,1-3H3. The maximum absolute atomic E-state index is 12.6. The van der Waals surface area contributed by atoms with Crippen LogP contribution in [0.2, 0.25) is 0 Å². The molecular formula is C15H18F3N3O. The molecule has 120 valence electrons. The highest BCUT2D eigenvalue weighted by Crippen LogP contribution is 2.28. The molecule has 0 aliphatic heterocycles. The van der Waals surface area contributed by atoms with Crippen LogP contribution >= 0.6 is 0 Å². The van der Waals surface area contributed by atoms with Gasteiger partial charge in [-0.1, -0.05) is 6.07 Å². The number of aliphatic hydroxyl groups excluding tert-OH is 1. The lowest BCUT2D eigenvalue weighted by atomic mass is 10.0. The molecule has 2 aromatic rings. The minimum Gasteiger partial charge on any atom is -0.392 e. The summed E-state index contributed by atoms with van der Waals surface area (Å²) in [5.74, 6) is 0. The van der Waals surface area contributed by atoms with E-state index >= 15 is 0 Å². The van der Waals surface area contributed by atoms with Crippen molar-refractivity contribution in [3.05, 3.63) is 46.3 Å². The van der Waals surface area contributed by atoms with Gasteiger partial charge in [0.05, 0.1) is 18.8 Å². The normalized spacial score (nSPS) is 11.8. The van der Waals surface area contributed by atoms with Crippen LogP contribution in [0.3, 0.4) is 0 Å². The van der Waals surface area contributed by atoms with Crippen LogP contribution in [0.4, 0.5) is 18.9 Å². The van der Waals surface area contributed by atoms with Crippen LogP contribution in [-0.2, 0) is 26.4 Å². The van der Waals surface area contributed by atoms with Crippen LogP contribution in [-0.4, -0.2) is 14.9 Å². The molecule has 0 saturated carbocycles. The molecule has 4 nitrogen and oxygen atoms in total. The summed E-state index contributed by atoms with van der Waals surface area (Å²) in [4.78, 5) is 0. The zero-order valence-electron chi connectivity index (χ0n) is 12.6. The average molecular weight is 313 g/mol. The lowest BCUT2D eigenvalue weighted by molar-refractivity contribution is -0.141. The van der Waals surface area contributed by atoms with Gasteiger partial charge in [-0.2, -0.15) is 18.3 Å². The SMILES string of the molecule is Cc1cc(C)c(NCc2cc(C(F)(F)F)nn2C)cc1CO. The molecule has 0 bridgehead atoms. The highest BCUT2D eigenvalue weighted by atomic mass is 19.4. The number of benzene rings is 1. The van der Waals surface area contributed by atoms with E-state index in [1.165, 1.54) is 11.7 Å². The largest absolute Gasteiger partial charge is 0.435 e. The number of nitrogens with zero attached hydrogens (tertiary/aromatic N) is 2. The quantitative estimate of drug-likeness (QED) is 0.911. The molecule has 0 aliphatic rings. The lowest BCUT2D eigenvalue weighted by Gasteiger charge is -2.13. The van der Waals surface area contributed by atoms with Crippen LogP contribution in [0.25, 0.3) is 0 Å². The maximum atomic E-state index is 12.6. The number of hydrogen-bond acceptors (Lipinski definition) is 3.